The van der Waals surface area contributed by atoms with Crippen molar-refractivity contribution >= 4 is 21.7 Å². The van der Waals surface area contributed by atoms with Crippen LogP contribution in [-0.4, -0.2) is 31.6 Å². The first kappa shape index (κ1) is 33.7. The maximum absolute atomic E-state index is 13.1. The highest BCUT2D eigenvalue weighted by atomic mass is 32.2. The Bertz CT molecular complexity index is 2240. The molecule has 6 aromatic carbocycles. The first-order valence-electron chi connectivity index (χ1n) is 15.3. The van der Waals surface area contributed by atoms with Crippen molar-refractivity contribution in [2.75, 3.05) is 7.11 Å². The molecule has 0 saturated heterocycles. The lowest BCUT2D eigenvalue weighted by atomic mass is 10.0. The molecule has 0 unspecified atom stereocenters. The van der Waals surface area contributed by atoms with Crippen molar-refractivity contribution in [2.45, 2.75) is 11.8 Å². The molecule has 0 aromatic heterocycles. The summed E-state index contributed by atoms with van der Waals surface area (Å²) in [7, 11) is -2.91. The summed E-state index contributed by atoms with van der Waals surface area (Å²) >= 11 is 0. The predicted molar refractivity (Wildman–Crippen MR) is 187 cm³/mol. The van der Waals surface area contributed by atoms with E-state index in [9.17, 15) is 22.6 Å². The van der Waals surface area contributed by atoms with Gasteiger partial charge in [0.1, 0.15) is 45.1 Å². The van der Waals surface area contributed by atoms with Crippen LogP contribution >= 0.6 is 0 Å². The third-order valence-corrected chi connectivity index (χ3v) is 8.48. The lowest BCUT2D eigenvalue weighted by molar-refractivity contribution is 0.103. The van der Waals surface area contributed by atoms with Gasteiger partial charge in [0.2, 0.25) is 0 Å². The molecule has 0 fully saturated rings. The van der Waals surface area contributed by atoms with E-state index in [-0.39, 0.29) is 22.2 Å². The molecular formula is C40H30O9S. The van der Waals surface area contributed by atoms with E-state index in [0.717, 1.165) is 0 Å². The number of carbonyl (C=O) groups excluding carboxylic acids is 2. The van der Waals surface area contributed by atoms with Crippen LogP contribution in [0.4, 0.5) is 0 Å². The van der Waals surface area contributed by atoms with E-state index in [2.05, 4.69) is 0 Å². The molecule has 9 nitrogen and oxygen atoms in total. The summed E-state index contributed by atoms with van der Waals surface area (Å²) in [6.07, 6.45) is 0. The zero-order chi connectivity index (χ0) is 35.3. The van der Waals surface area contributed by atoms with Crippen molar-refractivity contribution in [1.82, 2.24) is 0 Å². The van der Waals surface area contributed by atoms with E-state index >= 15 is 0 Å². The minimum absolute atomic E-state index is 0.0273. The molecule has 0 saturated carbocycles. The zero-order valence-electron chi connectivity index (χ0n) is 26.9. The topological polar surface area (TPSA) is 125 Å². The number of ketones is 2. The van der Waals surface area contributed by atoms with Crippen LogP contribution in [0.2, 0.25) is 0 Å². The highest BCUT2D eigenvalue weighted by molar-refractivity contribution is 7.86. The Morgan fingerprint density at radius 1 is 0.480 bits per heavy atom. The van der Waals surface area contributed by atoms with Gasteiger partial charge in [0.05, 0.1) is 7.11 Å². The van der Waals surface area contributed by atoms with Crippen molar-refractivity contribution in [3.05, 3.63) is 167 Å². The van der Waals surface area contributed by atoms with Crippen LogP contribution in [0.5, 0.6) is 40.2 Å². The van der Waals surface area contributed by atoms with Gasteiger partial charge in [-0.05, 0) is 146 Å². The molecule has 0 spiro atoms. The Hall–Kier alpha value is -6.23. The lowest BCUT2D eigenvalue weighted by Gasteiger charge is -2.11. The fourth-order valence-corrected chi connectivity index (χ4v) is 5.67. The van der Waals surface area contributed by atoms with Gasteiger partial charge in [-0.15, -0.1) is 0 Å². The van der Waals surface area contributed by atoms with Gasteiger partial charge < -0.3 is 18.9 Å². The van der Waals surface area contributed by atoms with Crippen molar-refractivity contribution in [1.29, 1.82) is 0 Å². The fraction of sp³-hybridized carbons (Fsp3) is 0.0500. The number of hydrogen-bond donors (Lipinski definition) is 1. The average Bonchev–Trinajstić information content (AvgIpc) is 3.13. The summed E-state index contributed by atoms with van der Waals surface area (Å²) in [6, 6.07) is 38.3. The molecule has 0 amide bonds. The third-order valence-electron chi connectivity index (χ3n) is 7.60. The quantitative estimate of drug-likeness (QED) is 0.0991. The number of benzene rings is 6. The molecule has 0 heterocycles. The average molecular weight is 687 g/mol. The smallest absolute Gasteiger partial charge is 0.298 e. The van der Waals surface area contributed by atoms with E-state index < -0.39 is 10.1 Å². The van der Waals surface area contributed by atoms with Gasteiger partial charge >= 0.3 is 0 Å². The van der Waals surface area contributed by atoms with Gasteiger partial charge in [-0.3, -0.25) is 14.1 Å². The number of methoxy groups -OCH3 is 1. The Balaban J connectivity index is 1.03. The summed E-state index contributed by atoms with van der Waals surface area (Å²) in [5.41, 5.74) is 2.60. The van der Waals surface area contributed by atoms with Crippen LogP contribution < -0.4 is 18.9 Å². The predicted octanol–water partition coefficient (Wildman–Crippen LogP) is 9.09. The molecule has 50 heavy (non-hydrogen) atoms. The summed E-state index contributed by atoms with van der Waals surface area (Å²) in [5, 5.41) is 0. The van der Waals surface area contributed by atoms with Gasteiger partial charge in [0.25, 0.3) is 10.1 Å². The molecular weight excluding hydrogens is 656 g/mol. The monoisotopic (exact) mass is 686 g/mol. The molecule has 6 rings (SSSR count). The summed E-state index contributed by atoms with van der Waals surface area (Å²) in [4.78, 5) is 25.6. The second kappa shape index (κ2) is 14.5. The molecule has 0 atom stereocenters. The fourth-order valence-electron chi connectivity index (χ4n) is 4.97. The van der Waals surface area contributed by atoms with Crippen LogP contribution in [0, 0.1) is 6.92 Å². The Kier molecular flexibility index (Phi) is 9.75. The van der Waals surface area contributed by atoms with E-state index in [1.807, 2.05) is 0 Å². The van der Waals surface area contributed by atoms with E-state index in [4.69, 9.17) is 18.9 Å². The maximum atomic E-state index is 13.1. The molecule has 250 valence electrons. The maximum Gasteiger partial charge on any atom is 0.298 e. The van der Waals surface area contributed by atoms with Gasteiger partial charge in [-0.2, -0.15) is 8.42 Å². The summed E-state index contributed by atoms with van der Waals surface area (Å²) < 4.78 is 55.8. The van der Waals surface area contributed by atoms with E-state index in [0.29, 0.717) is 62.3 Å². The number of ether oxygens (including phenoxy) is 4. The van der Waals surface area contributed by atoms with Gasteiger partial charge in [-0.25, -0.2) is 0 Å². The molecule has 0 radical (unpaired) electrons. The molecule has 0 aliphatic carbocycles. The van der Waals surface area contributed by atoms with Crippen LogP contribution in [0.1, 0.15) is 37.4 Å². The molecule has 6 aromatic rings. The van der Waals surface area contributed by atoms with Crippen LogP contribution in [-0.2, 0) is 10.1 Å². The third kappa shape index (κ3) is 8.07. The second-order valence-electron chi connectivity index (χ2n) is 11.2. The van der Waals surface area contributed by atoms with Crippen LogP contribution in [0.3, 0.4) is 0 Å². The number of rotatable bonds is 12. The van der Waals surface area contributed by atoms with Crippen molar-refractivity contribution < 1.29 is 41.5 Å². The first-order valence-corrected chi connectivity index (χ1v) is 16.8. The lowest BCUT2D eigenvalue weighted by Crippen LogP contribution is -2.02. The zero-order valence-corrected chi connectivity index (χ0v) is 27.7. The first-order chi connectivity index (χ1) is 24.1. The highest BCUT2D eigenvalue weighted by Gasteiger charge is 2.18. The Morgan fingerprint density at radius 2 is 0.800 bits per heavy atom. The van der Waals surface area contributed by atoms with Gasteiger partial charge in [0.15, 0.2) is 11.6 Å². The molecule has 0 aliphatic heterocycles. The Morgan fingerprint density at radius 3 is 1.14 bits per heavy atom. The van der Waals surface area contributed by atoms with Crippen LogP contribution in [0.25, 0.3) is 0 Å². The highest BCUT2D eigenvalue weighted by Crippen LogP contribution is 2.31. The van der Waals surface area contributed by atoms with Gasteiger partial charge in [-0.1, -0.05) is 6.07 Å². The number of aryl methyl sites for hydroxylation is 1. The standard InChI is InChI=1S/C40H30O9S/c1-26-3-24-37(38(25-26)50(43,44)45)49-36-18-10-30(11-19-36)40(42)29-8-16-33(17-9-29)48-35-22-20-34(21-23-35)47-32-14-6-28(7-15-32)39(41)27-4-12-31(46-2)13-5-27/h3-25H,1-2H3,(H,43,44,45). The molecule has 1 N–H and O–H groups in total. The molecule has 0 aliphatic rings. The SMILES string of the molecule is COc1ccc(C(=O)c2ccc(Oc3ccc(Oc4ccc(C(=O)c5ccc(Oc6ccc(C)cc6S(=O)(=O)O)cc5)cc4)cc3)cc2)cc1. The molecule has 0 bridgehead atoms. The van der Waals surface area contributed by atoms with Crippen molar-refractivity contribution in [3.63, 3.8) is 0 Å². The van der Waals surface area contributed by atoms with E-state index in [1.54, 1.807) is 141 Å². The minimum atomic E-state index is -4.49. The van der Waals surface area contributed by atoms with Crippen molar-refractivity contribution in [3.8, 4) is 40.2 Å². The number of hydrogen-bond acceptors (Lipinski definition) is 8. The second-order valence-corrected chi connectivity index (χ2v) is 12.6. The van der Waals surface area contributed by atoms with E-state index in [1.165, 1.54) is 12.1 Å². The van der Waals surface area contributed by atoms with Gasteiger partial charge in [0, 0.05) is 22.3 Å². The summed E-state index contributed by atoms with van der Waals surface area (Å²) in [5.74, 6) is 2.89. The van der Waals surface area contributed by atoms with Crippen molar-refractivity contribution in [2.24, 2.45) is 0 Å². The summed E-state index contributed by atoms with van der Waals surface area (Å²) in [6.45, 7) is 1.70. The Labute approximate surface area is 289 Å². The minimum Gasteiger partial charge on any atom is -0.497 e. The molecule has 10 heteroatoms. The van der Waals surface area contributed by atoms with Crippen LogP contribution in [0.15, 0.2) is 144 Å². The largest absolute Gasteiger partial charge is 0.497 e. The number of carbonyl (C=O) groups is 2. The normalized spacial score (nSPS) is 11.0.